The summed E-state index contributed by atoms with van der Waals surface area (Å²) >= 11 is -0.0185. The van der Waals surface area contributed by atoms with Gasteiger partial charge in [0.2, 0.25) is 0 Å². The minimum Gasteiger partial charge on any atom is -0.396 e. The third kappa shape index (κ3) is 6.79. The second-order valence-corrected chi connectivity index (χ2v) is 3.70. The van der Waals surface area contributed by atoms with Crippen LogP contribution < -0.4 is 0 Å². The van der Waals surface area contributed by atoms with Crippen LogP contribution >= 0.6 is 11.8 Å². The molecule has 0 aromatic rings. The van der Waals surface area contributed by atoms with E-state index >= 15 is 0 Å². The Balaban J connectivity index is 3.41. The Labute approximate surface area is 74.3 Å². The molecule has 0 aliphatic rings. The zero-order valence-corrected chi connectivity index (χ0v) is 7.71. The van der Waals surface area contributed by atoms with E-state index < -0.39 is 5.51 Å². The molecule has 1 N–H and O–H groups in total. The van der Waals surface area contributed by atoms with E-state index in [4.69, 9.17) is 5.11 Å². The van der Waals surface area contributed by atoms with Crippen molar-refractivity contribution in [3.8, 4) is 0 Å². The molecule has 0 rings (SSSR count). The largest absolute Gasteiger partial charge is 0.441 e. The van der Waals surface area contributed by atoms with Crippen molar-refractivity contribution < 1.29 is 18.3 Å². The number of rotatable bonds is 5. The predicted molar refractivity (Wildman–Crippen MR) is 44.0 cm³/mol. The minimum atomic E-state index is -4.13. The van der Waals surface area contributed by atoms with Crippen molar-refractivity contribution >= 4 is 11.8 Å². The summed E-state index contributed by atoms with van der Waals surface area (Å²) in [5, 5.41) is 8.66. The number of aliphatic hydroxyl groups excluding tert-OH is 1. The summed E-state index contributed by atoms with van der Waals surface area (Å²) in [6.07, 6.45) is 1.16. The highest BCUT2D eigenvalue weighted by Gasteiger charge is 2.27. The van der Waals surface area contributed by atoms with Gasteiger partial charge in [-0.15, -0.1) is 0 Å². The van der Waals surface area contributed by atoms with Gasteiger partial charge >= 0.3 is 5.51 Å². The highest BCUT2D eigenvalue weighted by Crippen LogP contribution is 2.31. The summed E-state index contributed by atoms with van der Waals surface area (Å²) in [7, 11) is 0. The molecule has 0 heterocycles. The molecule has 74 valence electrons. The van der Waals surface area contributed by atoms with Gasteiger partial charge in [0.05, 0.1) is 0 Å². The maximum absolute atomic E-state index is 11.6. The lowest BCUT2D eigenvalue weighted by Gasteiger charge is -2.11. The molecule has 1 atom stereocenters. The fraction of sp³-hybridized carbons (Fsp3) is 1.00. The predicted octanol–water partition coefficient (Wildman–Crippen LogP) is 2.65. The second-order valence-electron chi connectivity index (χ2n) is 2.54. The summed E-state index contributed by atoms with van der Waals surface area (Å²) in [4.78, 5) is 0. The van der Waals surface area contributed by atoms with E-state index in [1.54, 1.807) is 0 Å². The van der Waals surface area contributed by atoms with Gasteiger partial charge in [-0.05, 0) is 12.3 Å². The van der Waals surface area contributed by atoms with E-state index in [2.05, 4.69) is 0 Å². The summed E-state index contributed by atoms with van der Waals surface area (Å²) in [5.74, 6) is 0.0580. The van der Waals surface area contributed by atoms with E-state index in [9.17, 15) is 13.2 Å². The Morgan fingerprint density at radius 3 is 2.33 bits per heavy atom. The molecule has 0 aromatic heterocycles. The quantitative estimate of drug-likeness (QED) is 0.739. The number of alkyl halides is 3. The molecule has 0 spiro atoms. The number of halogens is 3. The number of hydrogen-bond acceptors (Lipinski definition) is 2. The minimum absolute atomic E-state index is 0.0137. The van der Waals surface area contributed by atoms with E-state index in [-0.39, 0.29) is 30.0 Å². The average molecular weight is 202 g/mol. The summed E-state index contributed by atoms with van der Waals surface area (Å²) < 4.78 is 34.8. The first-order chi connectivity index (χ1) is 5.49. The lowest BCUT2D eigenvalue weighted by atomic mass is 10.1. The van der Waals surface area contributed by atoms with Crippen molar-refractivity contribution in [2.75, 3.05) is 12.4 Å². The normalized spacial score (nSPS) is 14.8. The Morgan fingerprint density at radius 1 is 1.42 bits per heavy atom. The molecule has 0 aliphatic heterocycles. The zero-order valence-electron chi connectivity index (χ0n) is 6.90. The van der Waals surface area contributed by atoms with Gasteiger partial charge in [-0.3, -0.25) is 0 Å². The van der Waals surface area contributed by atoms with Crippen molar-refractivity contribution in [2.45, 2.75) is 25.3 Å². The smallest absolute Gasteiger partial charge is 0.396 e. The van der Waals surface area contributed by atoms with E-state index in [0.29, 0.717) is 6.42 Å². The SMILES string of the molecule is CCC(CO)CCSC(F)(F)F. The first kappa shape index (κ1) is 12.1. The standard InChI is InChI=1S/C7H13F3OS/c1-2-6(5-11)3-4-12-7(8,9)10/h6,11H,2-5H2,1H3. The van der Waals surface area contributed by atoms with Gasteiger partial charge in [0.15, 0.2) is 0 Å². The molecule has 0 saturated carbocycles. The van der Waals surface area contributed by atoms with Crippen LogP contribution in [0.15, 0.2) is 0 Å². The fourth-order valence-electron chi connectivity index (χ4n) is 0.766. The van der Waals surface area contributed by atoms with Crippen molar-refractivity contribution in [2.24, 2.45) is 5.92 Å². The molecule has 1 unspecified atom stereocenters. The molecule has 0 bridgehead atoms. The van der Waals surface area contributed by atoms with Crippen LogP contribution in [0.4, 0.5) is 13.2 Å². The van der Waals surface area contributed by atoms with Gasteiger partial charge < -0.3 is 5.11 Å². The summed E-state index contributed by atoms with van der Waals surface area (Å²) in [5.41, 5.74) is -4.13. The molecule has 5 heteroatoms. The molecule has 0 aliphatic carbocycles. The van der Waals surface area contributed by atoms with Crippen molar-refractivity contribution in [3.05, 3.63) is 0 Å². The third-order valence-corrected chi connectivity index (χ3v) is 2.39. The molecular formula is C7H13F3OS. The molecule has 0 aromatic carbocycles. The van der Waals surface area contributed by atoms with Gasteiger partial charge in [-0.25, -0.2) is 0 Å². The lowest BCUT2D eigenvalue weighted by Crippen LogP contribution is -2.08. The van der Waals surface area contributed by atoms with Crippen molar-refractivity contribution in [3.63, 3.8) is 0 Å². The van der Waals surface area contributed by atoms with Gasteiger partial charge in [-0.1, -0.05) is 25.1 Å². The van der Waals surface area contributed by atoms with Crippen LogP contribution in [0.2, 0.25) is 0 Å². The molecule has 1 nitrogen and oxygen atoms in total. The maximum Gasteiger partial charge on any atom is 0.441 e. The van der Waals surface area contributed by atoms with E-state index in [0.717, 1.165) is 6.42 Å². The first-order valence-electron chi connectivity index (χ1n) is 3.81. The van der Waals surface area contributed by atoms with Crippen LogP contribution in [0, 0.1) is 5.92 Å². The van der Waals surface area contributed by atoms with Crippen LogP contribution in [0.25, 0.3) is 0 Å². The van der Waals surface area contributed by atoms with Gasteiger partial charge in [0, 0.05) is 12.4 Å². The van der Waals surface area contributed by atoms with Crippen LogP contribution in [0.3, 0.4) is 0 Å². The van der Waals surface area contributed by atoms with Crippen molar-refractivity contribution in [1.29, 1.82) is 0 Å². The summed E-state index contributed by atoms with van der Waals surface area (Å²) in [6.45, 7) is 1.84. The number of hydrogen-bond donors (Lipinski definition) is 1. The van der Waals surface area contributed by atoms with E-state index in [1.807, 2.05) is 6.92 Å². The zero-order chi connectivity index (χ0) is 9.61. The molecular weight excluding hydrogens is 189 g/mol. The molecule has 0 radical (unpaired) electrons. The van der Waals surface area contributed by atoms with Crippen LogP contribution in [-0.4, -0.2) is 23.0 Å². The average Bonchev–Trinajstić information content (AvgIpc) is 1.96. The van der Waals surface area contributed by atoms with Crippen LogP contribution in [-0.2, 0) is 0 Å². The fourth-order valence-corrected chi connectivity index (χ4v) is 1.45. The molecule has 0 saturated heterocycles. The number of aliphatic hydroxyl groups is 1. The Bertz CT molecular complexity index is 112. The van der Waals surface area contributed by atoms with E-state index in [1.165, 1.54) is 0 Å². The first-order valence-corrected chi connectivity index (χ1v) is 4.79. The molecule has 0 fully saturated rings. The maximum atomic E-state index is 11.6. The summed E-state index contributed by atoms with van der Waals surface area (Å²) in [6, 6.07) is 0. The van der Waals surface area contributed by atoms with Gasteiger partial charge in [0.25, 0.3) is 0 Å². The molecule has 0 amide bonds. The monoisotopic (exact) mass is 202 g/mol. The molecule has 12 heavy (non-hydrogen) atoms. The Hall–Kier alpha value is 0.100. The third-order valence-electron chi connectivity index (χ3n) is 1.63. The number of thioether (sulfide) groups is 1. The van der Waals surface area contributed by atoms with Crippen LogP contribution in [0.1, 0.15) is 19.8 Å². The Morgan fingerprint density at radius 2 is 2.00 bits per heavy atom. The van der Waals surface area contributed by atoms with Crippen LogP contribution in [0.5, 0.6) is 0 Å². The van der Waals surface area contributed by atoms with Gasteiger partial charge in [0.1, 0.15) is 0 Å². The highest BCUT2D eigenvalue weighted by atomic mass is 32.2. The van der Waals surface area contributed by atoms with Gasteiger partial charge in [-0.2, -0.15) is 13.2 Å². The second kappa shape index (κ2) is 5.70. The Kier molecular flexibility index (Phi) is 5.74. The lowest BCUT2D eigenvalue weighted by molar-refractivity contribution is -0.0328. The highest BCUT2D eigenvalue weighted by molar-refractivity contribution is 8.00. The topological polar surface area (TPSA) is 20.2 Å². The van der Waals surface area contributed by atoms with Crippen molar-refractivity contribution in [1.82, 2.24) is 0 Å².